The molecule has 0 saturated heterocycles. The topological polar surface area (TPSA) is 54.0 Å². The van der Waals surface area contributed by atoms with Crippen molar-refractivity contribution in [2.75, 3.05) is 6.54 Å². The number of aryl methyl sites for hydroxylation is 1. The molecule has 2 N–H and O–H groups in total. The molecule has 2 aromatic rings. The lowest BCUT2D eigenvalue weighted by molar-refractivity contribution is 0.239. The molecule has 3 rings (SSSR count). The van der Waals surface area contributed by atoms with Crippen molar-refractivity contribution in [3.8, 4) is 0 Å². The first-order valence-electron chi connectivity index (χ1n) is 7.67. The fourth-order valence-electron chi connectivity index (χ4n) is 2.61. The molecule has 1 aliphatic rings. The number of carbonyl (C=O) groups is 1. The van der Waals surface area contributed by atoms with Gasteiger partial charge in [-0.25, -0.2) is 4.79 Å². The van der Waals surface area contributed by atoms with Gasteiger partial charge in [-0.05, 0) is 37.5 Å². The van der Waals surface area contributed by atoms with E-state index in [0.717, 1.165) is 18.5 Å². The summed E-state index contributed by atoms with van der Waals surface area (Å²) in [7, 11) is 0. The Balaban J connectivity index is 1.49. The summed E-state index contributed by atoms with van der Waals surface area (Å²) in [6.45, 7) is 3.22. The number of amides is 2. The van der Waals surface area contributed by atoms with Crippen molar-refractivity contribution in [2.24, 2.45) is 0 Å². The highest BCUT2D eigenvalue weighted by Gasteiger charge is 2.44. The molecule has 0 aliphatic heterocycles. The number of aromatic nitrogens is 1. The van der Waals surface area contributed by atoms with Crippen LogP contribution in [0.5, 0.6) is 0 Å². The summed E-state index contributed by atoms with van der Waals surface area (Å²) in [6, 6.07) is 14.2. The molecule has 0 spiro atoms. The third-order valence-corrected chi connectivity index (χ3v) is 4.26. The zero-order valence-corrected chi connectivity index (χ0v) is 12.8. The SMILES string of the molecule is Cc1ccc(C2(CNC(=O)NCc3ccccn3)CC2)cc1. The molecule has 1 saturated carbocycles. The van der Waals surface area contributed by atoms with Crippen molar-refractivity contribution in [1.82, 2.24) is 15.6 Å². The van der Waals surface area contributed by atoms with Crippen molar-refractivity contribution < 1.29 is 4.79 Å². The Morgan fingerprint density at radius 2 is 1.91 bits per heavy atom. The monoisotopic (exact) mass is 295 g/mol. The van der Waals surface area contributed by atoms with E-state index in [-0.39, 0.29) is 11.4 Å². The standard InChI is InChI=1S/C18H21N3O/c1-14-5-7-15(8-6-14)18(9-10-18)13-21-17(22)20-12-16-4-2-3-11-19-16/h2-8,11H,9-10,12-13H2,1H3,(H2,20,21,22). The third-order valence-electron chi connectivity index (χ3n) is 4.26. The van der Waals surface area contributed by atoms with Crippen LogP contribution in [0, 0.1) is 6.92 Å². The minimum Gasteiger partial charge on any atom is -0.337 e. The van der Waals surface area contributed by atoms with Crippen LogP contribution >= 0.6 is 0 Å². The van der Waals surface area contributed by atoms with Crippen LogP contribution in [0.3, 0.4) is 0 Å². The molecule has 1 aliphatic carbocycles. The van der Waals surface area contributed by atoms with Gasteiger partial charge in [-0.3, -0.25) is 4.98 Å². The van der Waals surface area contributed by atoms with Crippen molar-refractivity contribution >= 4 is 6.03 Å². The Bertz CT molecular complexity index is 633. The number of rotatable bonds is 5. The molecule has 114 valence electrons. The molecule has 0 atom stereocenters. The lowest BCUT2D eigenvalue weighted by Crippen LogP contribution is -2.39. The van der Waals surface area contributed by atoms with Gasteiger partial charge in [0.2, 0.25) is 0 Å². The van der Waals surface area contributed by atoms with Gasteiger partial charge in [-0.1, -0.05) is 35.9 Å². The Morgan fingerprint density at radius 3 is 2.55 bits per heavy atom. The average Bonchev–Trinajstić information content (AvgIpc) is 3.34. The number of benzene rings is 1. The highest BCUT2D eigenvalue weighted by molar-refractivity contribution is 5.74. The largest absolute Gasteiger partial charge is 0.337 e. The van der Waals surface area contributed by atoms with Gasteiger partial charge in [0.15, 0.2) is 0 Å². The number of carbonyl (C=O) groups excluding carboxylic acids is 1. The molecule has 22 heavy (non-hydrogen) atoms. The second-order valence-electron chi connectivity index (χ2n) is 6.00. The van der Waals surface area contributed by atoms with Crippen LogP contribution < -0.4 is 10.6 Å². The van der Waals surface area contributed by atoms with Crippen LogP contribution in [-0.2, 0) is 12.0 Å². The molecule has 4 heteroatoms. The number of hydrogen-bond acceptors (Lipinski definition) is 2. The third kappa shape index (κ3) is 3.45. The van der Waals surface area contributed by atoms with Gasteiger partial charge in [0.1, 0.15) is 0 Å². The van der Waals surface area contributed by atoms with Crippen molar-refractivity contribution in [3.05, 3.63) is 65.5 Å². The van der Waals surface area contributed by atoms with Crippen LogP contribution in [0.25, 0.3) is 0 Å². The van der Waals surface area contributed by atoms with E-state index in [1.54, 1.807) is 6.20 Å². The fraction of sp³-hybridized carbons (Fsp3) is 0.333. The molecular weight excluding hydrogens is 274 g/mol. The van der Waals surface area contributed by atoms with Gasteiger partial charge in [-0.15, -0.1) is 0 Å². The summed E-state index contributed by atoms with van der Waals surface area (Å²) in [4.78, 5) is 16.1. The summed E-state index contributed by atoms with van der Waals surface area (Å²) in [6.07, 6.45) is 4.00. The fourth-order valence-corrected chi connectivity index (χ4v) is 2.61. The first-order chi connectivity index (χ1) is 10.7. The predicted molar refractivity (Wildman–Crippen MR) is 86.6 cm³/mol. The van der Waals surface area contributed by atoms with Crippen LogP contribution in [0.4, 0.5) is 4.79 Å². The number of pyridine rings is 1. The zero-order chi connectivity index (χ0) is 15.4. The molecule has 0 unspecified atom stereocenters. The van der Waals surface area contributed by atoms with E-state index in [4.69, 9.17) is 0 Å². The van der Waals surface area contributed by atoms with Gasteiger partial charge in [0.25, 0.3) is 0 Å². The van der Waals surface area contributed by atoms with E-state index < -0.39 is 0 Å². The summed E-state index contributed by atoms with van der Waals surface area (Å²) in [5.74, 6) is 0. The smallest absolute Gasteiger partial charge is 0.315 e. The summed E-state index contributed by atoms with van der Waals surface area (Å²) >= 11 is 0. The highest BCUT2D eigenvalue weighted by atomic mass is 16.2. The molecule has 1 aromatic heterocycles. The zero-order valence-electron chi connectivity index (χ0n) is 12.8. The van der Waals surface area contributed by atoms with Gasteiger partial charge in [0, 0.05) is 18.2 Å². The number of nitrogens with zero attached hydrogens (tertiary/aromatic N) is 1. The lowest BCUT2D eigenvalue weighted by Gasteiger charge is -2.17. The molecule has 1 aromatic carbocycles. The molecule has 0 radical (unpaired) electrons. The van der Waals surface area contributed by atoms with Crippen LogP contribution in [0.15, 0.2) is 48.7 Å². The maximum Gasteiger partial charge on any atom is 0.315 e. The predicted octanol–water partition coefficient (Wildman–Crippen LogP) is 2.92. The van der Waals surface area contributed by atoms with Gasteiger partial charge in [-0.2, -0.15) is 0 Å². The minimum absolute atomic E-state index is 0.135. The van der Waals surface area contributed by atoms with Crippen molar-refractivity contribution in [2.45, 2.75) is 31.7 Å². The highest BCUT2D eigenvalue weighted by Crippen LogP contribution is 2.47. The summed E-state index contributed by atoms with van der Waals surface area (Å²) < 4.78 is 0. The Hall–Kier alpha value is -2.36. The number of urea groups is 1. The molecule has 2 amide bonds. The molecule has 4 nitrogen and oxygen atoms in total. The van der Waals surface area contributed by atoms with E-state index in [0.29, 0.717) is 13.1 Å². The Kier molecular flexibility index (Phi) is 4.09. The van der Waals surface area contributed by atoms with Crippen molar-refractivity contribution in [3.63, 3.8) is 0 Å². The van der Waals surface area contributed by atoms with Crippen LogP contribution in [0.2, 0.25) is 0 Å². The quantitative estimate of drug-likeness (QED) is 0.891. The number of hydrogen-bond donors (Lipinski definition) is 2. The number of nitrogens with one attached hydrogen (secondary N) is 2. The van der Waals surface area contributed by atoms with Gasteiger partial charge < -0.3 is 10.6 Å². The second-order valence-corrected chi connectivity index (χ2v) is 6.00. The maximum atomic E-state index is 11.9. The van der Waals surface area contributed by atoms with E-state index in [9.17, 15) is 4.79 Å². The maximum absolute atomic E-state index is 11.9. The lowest BCUT2D eigenvalue weighted by atomic mass is 9.95. The molecular formula is C18H21N3O. The normalized spacial score (nSPS) is 15.1. The Labute approximate surface area is 131 Å². The van der Waals surface area contributed by atoms with Crippen molar-refractivity contribution in [1.29, 1.82) is 0 Å². The minimum atomic E-state index is -0.135. The van der Waals surface area contributed by atoms with E-state index >= 15 is 0 Å². The molecule has 1 heterocycles. The first kappa shape index (κ1) is 14.6. The molecule has 1 fully saturated rings. The van der Waals surface area contributed by atoms with Crippen LogP contribution in [-0.4, -0.2) is 17.6 Å². The second kappa shape index (κ2) is 6.18. The average molecular weight is 295 g/mol. The van der Waals surface area contributed by atoms with Crippen LogP contribution in [0.1, 0.15) is 29.7 Å². The van der Waals surface area contributed by atoms with E-state index in [2.05, 4.69) is 46.8 Å². The molecule has 0 bridgehead atoms. The van der Waals surface area contributed by atoms with E-state index in [1.165, 1.54) is 11.1 Å². The Morgan fingerprint density at radius 1 is 1.14 bits per heavy atom. The van der Waals surface area contributed by atoms with Gasteiger partial charge >= 0.3 is 6.03 Å². The summed E-state index contributed by atoms with van der Waals surface area (Å²) in [5, 5.41) is 5.84. The van der Waals surface area contributed by atoms with E-state index in [1.807, 2.05) is 18.2 Å². The first-order valence-corrected chi connectivity index (χ1v) is 7.67. The van der Waals surface area contributed by atoms with Gasteiger partial charge in [0.05, 0.1) is 12.2 Å². The summed E-state index contributed by atoms with van der Waals surface area (Å²) in [5.41, 5.74) is 3.58.